The molecule has 5 heteroatoms. The molecule has 0 aliphatic carbocycles. The van der Waals surface area contributed by atoms with Crippen LogP contribution in [0.5, 0.6) is 0 Å². The Balaban J connectivity index is 0. The molecule has 0 aromatic rings. The summed E-state index contributed by atoms with van der Waals surface area (Å²) < 4.78 is 31.9. The minimum Gasteiger partial charge on any atom is -0.748 e. The summed E-state index contributed by atoms with van der Waals surface area (Å²) in [6, 6.07) is 0. The van der Waals surface area contributed by atoms with Crippen LogP contribution in [-0.4, -0.2) is 49.4 Å². The van der Waals surface area contributed by atoms with Crippen LogP contribution in [-0.2, 0) is 10.1 Å². The molecule has 25 heavy (non-hydrogen) atoms. The highest BCUT2D eigenvalue weighted by atomic mass is 32.2. The molecule has 154 valence electrons. The Kier molecular flexibility index (Phi) is 18.7. The van der Waals surface area contributed by atoms with Crippen molar-refractivity contribution in [2.24, 2.45) is 0 Å². The summed E-state index contributed by atoms with van der Waals surface area (Å²) in [6.07, 6.45) is 11.3. The van der Waals surface area contributed by atoms with Gasteiger partial charge in [-0.1, -0.05) is 66.7 Å². The highest BCUT2D eigenvalue weighted by Gasteiger charge is 2.22. The fourth-order valence-corrected chi connectivity index (χ4v) is 4.19. The first-order valence-electron chi connectivity index (χ1n) is 10.6. The summed E-state index contributed by atoms with van der Waals surface area (Å²) in [5, 5.41) is 0. The van der Waals surface area contributed by atoms with E-state index in [0.29, 0.717) is 6.42 Å². The zero-order valence-electron chi connectivity index (χ0n) is 17.7. The highest BCUT2D eigenvalue weighted by molar-refractivity contribution is 7.85. The molecule has 0 rings (SSSR count). The van der Waals surface area contributed by atoms with E-state index in [1.165, 1.54) is 69.2 Å². The topological polar surface area (TPSA) is 57.2 Å². The van der Waals surface area contributed by atoms with Gasteiger partial charge in [0.1, 0.15) is 0 Å². The van der Waals surface area contributed by atoms with Gasteiger partial charge in [-0.3, -0.25) is 0 Å². The minimum atomic E-state index is -3.97. The summed E-state index contributed by atoms with van der Waals surface area (Å²) in [5.74, 6) is -0.195. The van der Waals surface area contributed by atoms with Crippen molar-refractivity contribution in [3.8, 4) is 0 Å². The van der Waals surface area contributed by atoms with Gasteiger partial charge in [0.25, 0.3) is 0 Å². The molecule has 0 aliphatic rings. The van der Waals surface area contributed by atoms with E-state index in [1.54, 1.807) is 0 Å². The summed E-state index contributed by atoms with van der Waals surface area (Å²) in [4.78, 5) is 0. The lowest BCUT2D eigenvalue weighted by atomic mass is 10.1. The third-order valence-corrected chi connectivity index (χ3v) is 5.33. The average molecular weight is 380 g/mol. The molecule has 0 amide bonds. The summed E-state index contributed by atoms with van der Waals surface area (Å²) in [7, 11) is -3.97. The summed E-state index contributed by atoms with van der Waals surface area (Å²) in [5.41, 5.74) is 0. The number of hydrogen-bond donors (Lipinski definition) is 0. The predicted molar refractivity (Wildman–Crippen MR) is 109 cm³/mol. The number of nitrogens with zero attached hydrogens (tertiary/aromatic N) is 1. The van der Waals surface area contributed by atoms with E-state index in [2.05, 4.69) is 34.6 Å². The molecule has 0 bridgehead atoms. The van der Waals surface area contributed by atoms with Gasteiger partial charge in [0.2, 0.25) is 0 Å². The van der Waals surface area contributed by atoms with E-state index >= 15 is 0 Å². The molecule has 0 radical (unpaired) electrons. The van der Waals surface area contributed by atoms with Crippen LogP contribution in [0.4, 0.5) is 0 Å². The van der Waals surface area contributed by atoms with Crippen LogP contribution in [0.2, 0.25) is 0 Å². The zero-order valence-corrected chi connectivity index (χ0v) is 18.5. The van der Waals surface area contributed by atoms with Crippen molar-refractivity contribution < 1.29 is 17.5 Å². The van der Waals surface area contributed by atoms with Crippen molar-refractivity contribution in [2.75, 3.05) is 31.9 Å². The van der Waals surface area contributed by atoms with Crippen molar-refractivity contribution in [2.45, 2.75) is 98.8 Å². The lowest BCUT2D eigenvalue weighted by molar-refractivity contribution is -0.928. The molecule has 0 unspecified atom stereocenters. The molecular weight excluding hydrogens is 334 g/mol. The van der Waals surface area contributed by atoms with Crippen LogP contribution in [0.3, 0.4) is 0 Å². The maximum Gasteiger partial charge on any atom is 0.0945 e. The molecule has 0 aromatic heterocycles. The van der Waals surface area contributed by atoms with Gasteiger partial charge in [-0.05, 0) is 32.1 Å². The Hall–Kier alpha value is -0.130. The van der Waals surface area contributed by atoms with Crippen LogP contribution >= 0.6 is 0 Å². The third kappa shape index (κ3) is 18.5. The maximum atomic E-state index is 10.2. The van der Waals surface area contributed by atoms with Crippen molar-refractivity contribution >= 4 is 10.1 Å². The first kappa shape index (κ1) is 27.1. The standard InChI is InChI=1S/C12H28N.C8H18O3S/c1-5-9-13(10-6-2,11-7-3)12-8-4;1-2-3-4-5-6-7-8-12(9,10)11/h5-12H2,1-4H3;2-8H2,1H3,(H,9,10,11)/q+1;/p-1. The van der Waals surface area contributed by atoms with Crippen LogP contribution in [0.15, 0.2) is 0 Å². The van der Waals surface area contributed by atoms with Gasteiger partial charge in [-0.2, -0.15) is 0 Å². The first-order chi connectivity index (χ1) is 11.8. The quantitative estimate of drug-likeness (QED) is 0.219. The predicted octanol–water partition coefficient (Wildman–Crippen LogP) is 5.34. The van der Waals surface area contributed by atoms with Crippen LogP contribution in [0.1, 0.15) is 98.8 Å². The molecule has 0 fully saturated rings. The van der Waals surface area contributed by atoms with Gasteiger partial charge in [-0.25, -0.2) is 8.42 Å². The summed E-state index contributed by atoms with van der Waals surface area (Å²) in [6.45, 7) is 16.9. The molecule has 0 saturated heterocycles. The summed E-state index contributed by atoms with van der Waals surface area (Å²) >= 11 is 0. The van der Waals surface area contributed by atoms with Gasteiger partial charge in [0.05, 0.1) is 36.3 Å². The molecule has 0 aromatic carbocycles. The number of hydrogen-bond acceptors (Lipinski definition) is 3. The van der Waals surface area contributed by atoms with Gasteiger partial charge < -0.3 is 9.04 Å². The molecule has 0 saturated carbocycles. The fourth-order valence-electron chi connectivity index (χ4n) is 3.63. The Morgan fingerprint density at radius 2 is 0.960 bits per heavy atom. The molecule has 0 spiro atoms. The largest absolute Gasteiger partial charge is 0.748 e. The van der Waals surface area contributed by atoms with E-state index < -0.39 is 10.1 Å². The lowest BCUT2D eigenvalue weighted by Crippen LogP contribution is -2.50. The Morgan fingerprint density at radius 1 is 0.600 bits per heavy atom. The smallest absolute Gasteiger partial charge is 0.0945 e. The first-order valence-corrected chi connectivity index (χ1v) is 12.2. The van der Waals surface area contributed by atoms with E-state index in [1.807, 2.05) is 0 Å². The highest BCUT2D eigenvalue weighted by Crippen LogP contribution is 2.12. The van der Waals surface area contributed by atoms with Crippen molar-refractivity contribution in [1.82, 2.24) is 0 Å². The average Bonchev–Trinajstić information content (AvgIpc) is 2.51. The van der Waals surface area contributed by atoms with E-state index in [4.69, 9.17) is 0 Å². The van der Waals surface area contributed by atoms with Crippen molar-refractivity contribution in [3.63, 3.8) is 0 Å². The second-order valence-corrected chi connectivity index (χ2v) is 8.79. The number of rotatable bonds is 15. The zero-order chi connectivity index (χ0) is 19.6. The molecule has 0 heterocycles. The Bertz CT molecular complexity index is 340. The monoisotopic (exact) mass is 379 g/mol. The van der Waals surface area contributed by atoms with Crippen molar-refractivity contribution in [1.29, 1.82) is 0 Å². The lowest BCUT2D eigenvalue weighted by Gasteiger charge is -2.38. The molecular formula is C20H45NO3S. The van der Waals surface area contributed by atoms with Crippen LogP contribution in [0, 0.1) is 0 Å². The molecule has 0 aliphatic heterocycles. The molecule has 4 nitrogen and oxygen atoms in total. The van der Waals surface area contributed by atoms with Gasteiger partial charge in [0, 0.05) is 5.75 Å². The Labute approximate surface area is 158 Å². The normalized spacial score (nSPS) is 11.9. The molecule has 0 atom stereocenters. The second-order valence-electron chi connectivity index (χ2n) is 7.27. The number of quaternary nitrogens is 1. The van der Waals surface area contributed by atoms with Gasteiger partial charge in [0.15, 0.2) is 0 Å². The SMILES string of the molecule is CCCCCCCCS(=O)(=O)[O-].CCC[N+](CCC)(CCC)CCC. The van der Waals surface area contributed by atoms with Crippen LogP contribution < -0.4 is 0 Å². The third-order valence-electron chi connectivity index (χ3n) is 4.54. The maximum absolute atomic E-state index is 10.2. The van der Waals surface area contributed by atoms with E-state index in [-0.39, 0.29) is 5.75 Å². The number of unbranched alkanes of at least 4 members (excludes halogenated alkanes) is 5. The fraction of sp³-hybridized carbons (Fsp3) is 1.00. The van der Waals surface area contributed by atoms with E-state index in [9.17, 15) is 13.0 Å². The second kappa shape index (κ2) is 17.3. The molecule has 0 N–H and O–H groups in total. The Morgan fingerprint density at radius 3 is 1.28 bits per heavy atom. The van der Waals surface area contributed by atoms with Gasteiger partial charge >= 0.3 is 0 Å². The van der Waals surface area contributed by atoms with Crippen molar-refractivity contribution in [3.05, 3.63) is 0 Å². The van der Waals surface area contributed by atoms with Crippen LogP contribution in [0.25, 0.3) is 0 Å². The van der Waals surface area contributed by atoms with E-state index in [0.717, 1.165) is 19.3 Å². The van der Waals surface area contributed by atoms with Gasteiger partial charge in [-0.15, -0.1) is 0 Å². The minimum absolute atomic E-state index is 0.195.